The fraction of sp³-hybridized carbons (Fsp3) is 0.0476. The number of thiophene rings is 1. The molecule has 6 nitrogen and oxygen atoms in total. The summed E-state index contributed by atoms with van der Waals surface area (Å²) >= 11 is 1.59. The van der Waals surface area contributed by atoms with Gasteiger partial charge >= 0.3 is 0 Å². The molecule has 5 rings (SSSR count). The average Bonchev–Trinajstić information content (AvgIpc) is 3.29. The van der Waals surface area contributed by atoms with E-state index in [0.717, 1.165) is 37.1 Å². The second-order valence-corrected chi connectivity index (χ2v) is 7.44. The van der Waals surface area contributed by atoms with E-state index in [4.69, 9.17) is 0 Å². The number of rotatable bonds is 3. The number of aromatic nitrogens is 3. The first kappa shape index (κ1) is 16.6. The topological polar surface area (TPSA) is 86.5 Å². The minimum Gasteiger partial charge on any atom is -0.493 e. The van der Waals surface area contributed by atoms with Gasteiger partial charge in [0.15, 0.2) is 11.5 Å². The van der Waals surface area contributed by atoms with Gasteiger partial charge in [-0.3, -0.25) is 0 Å². The summed E-state index contributed by atoms with van der Waals surface area (Å²) in [6.45, 7) is 1.98. The molecule has 0 saturated carbocycles. The van der Waals surface area contributed by atoms with E-state index < -0.39 is 0 Å². The molecule has 0 saturated heterocycles. The molecule has 0 bridgehead atoms. The van der Waals surface area contributed by atoms with Crippen molar-refractivity contribution in [1.29, 1.82) is 0 Å². The lowest BCUT2D eigenvalue weighted by Gasteiger charge is -1.95. The first-order valence-electron chi connectivity index (χ1n) is 8.72. The van der Waals surface area contributed by atoms with Crippen LogP contribution in [0.25, 0.3) is 31.6 Å². The van der Waals surface area contributed by atoms with Crippen LogP contribution in [0.4, 0.5) is 11.5 Å². The van der Waals surface area contributed by atoms with E-state index in [1.54, 1.807) is 11.3 Å². The second-order valence-electron chi connectivity index (χ2n) is 6.41. The van der Waals surface area contributed by atoms with Crippen LogP contribution in [0.15, 0.2) is 71.2 Å². The number of hydrogen-bond donors (Lipinski definition) is 2. The van der Waals surface area contributed by atoms with Crippen molar-refractivity contribution in [3.05, 3.63) is 66.5 Å². The van der Waals surface area contributed by atoms with Crippen LogP contribution in [0.1, 0.15) is 5.56 Å². The summed E-state index contributed by atoms with van der Waals surface area (Å²) in [6, 6.07) is 18.0. The zero-order valence-corrected chi connectivity index (χ0v) is 15.7. The molecule has 5 aromatic rings. The van der Waals surface area contributed by atoms with Crippen LogP contribution >= 0.6 is 11.3 Å². The van der Waals surface area contributed by atoms with Gasteiger partial charge in [0.2, 0.25) is 5.88 Å². The fourth-order valence-electron chi connectivity index (χ4n) is 3.20. The fourth-order valence-corrected chi connectivity index (χ4v) is 4.20. The SMILES string of the molecule is Cc1cccc2c(N=Nc3ncnc4sc(-c5ccccc5)cc34)c(O)[nH]c12. The maximum Gasteiger partial charge on any atom is 0.218 e. The maximum atomic E-state index is 10.3. The molecule has 2 aromatic carbocycles. The van der Waals surface area contributed by atoms with Crippen LogP contribution < -0.4 is 0 Å². The zero-order valence-electron chi connectivity index (χ0n) is 14.9. The number of aryl methyl sites for hydroxylation is 1. The van der Waals surface area contributed by atoms with Crippen LogP contribution in [-0.2, 0) is 0 Å². The highest BCUT2D eigenvalue weighted by molar-refractivity contribution is 7.21. The van der Waals surface area contributed by atoms with Crippen LogP contribution in [-0.4, -0.2) is 20.1 Å². The lowest BCUT2D eigenvalue weighted by atomic mass is 10.1. The average molecular weight is 385 g/mol. The molecule has 0 unspecified atom stereocenters. The molecule has 0 aliphatic heterocycles. The number of hydrogen-bond acceptors (Lipinski definition) is 6. The van der Waals surface area contributed by atoms with Crippen molar-refractivity contribution in [3.63, 3.8) is 0 Å². The van der Waals surface area contributed by atoms with Crippen LogP contribution in [0.3, 0.4) is 0 Å². The van der Waals surface area contributed by atoms with Gasteiger partial charge in [-0.1, -0.05) is 48.5 Å². The molecular formula is C21H15N5OS. The Hall–Kier alpha value is -3.58. The Morgan fingerprint density at radius 2 is 1.82 bits per heavy atom. The monoisotopic (exact) mass is 385 g/mol. The van der Waals surface area contributed by atoms with Crippen molar-refractivity contribution in [2.75, 3.05) is 0 Å². The summed E-state index contributed by atoms with van der Waals surface area (Å²) in [5.41, 5.74) is 3.41. The number of para-hydroxylation sites is 1. The Kier molecular flexibility index (Phi) is 3.87. The Balaban J connectivity index is 1.60. The molecule has 3 heterocycles. The van der Waals surface area contributed by atoms with Gasteiger partial charge < -0.3 is 10.1 Å². The molecule has 136 valence electrons. The summed E-state index contributed by atoms with van der Waals surface area (Å²) in [5.74, 6) is 0.471. The Labute approximate surface area is 164 Å². The molecule has 0 spiro atoms. The summed E-state index contributed by atoms with van der Waals surface area (Å²) in [5, 5.41) is 20.5. The quantitative estimate of drug-likeness (QED) is 0.359. The van der Waals surface area contributed by atoms with E-state index in [9.17, 15) is 5.11 Å². The molecule has 0 aliphatic rings. The van der Waals surface area contributed by atoms with E-state index in [1.807, 2.05) is 49.4 Å². The lowest BCUT2D eigenvalue weighted by molar-refractivity contribution is 0.459. The Bertz CT molecular complexity index is 1340. The number of nitrogens with one attached hydrogen (secondary N) is 1. The highest BCUT2D eigenvalue weighted by Crippen LogP contribution is 2.39. The molecule has 2 N–H and O–H groups in total. The standard InChI is InChI=1S/C21H15N5OS/c1-12-6-5-9-14-17(12)24-20(27)18(14)25-26-19-15-10-16(13-7-3-2-4-8-13)28-21(15)23-11-22-19/h2-11,24,27H,1H3. The van der Waals surface area contributed by atoms with E-state index in [0.29, 0.717) is 11.5 Å². The smallest absolute Gasteiger partial charge is 0.218 e. The molecule has 7 heteroatoms. The van der Waals surface area contributed by atoms with Gasteiger partial charge in [0.25, 0.3) is 0 Å². The van der Waals surface area contributed by atoms with Crippen molar-refractivity contribution in [2.45, 2.75) is 6.92 Å². The molecule has 3 aromatic heterocycles. The van der Waals surface area contributed by atoms with Crippen LogP contribution in [0.5, 0.6) is 5.88 Å². The predicted molar refractivity (Wildman–Crippen MR) is 112 cm³/mol. The van der Waals surface area contributed by atoms with Crippen molar-refractivity contribution in [2.24, 2.45) is 10.2 Å². The van der Waals surface area contributed by atoms with Gasteiger partial charge in [-0.25, -0.2) is 9.97 Å². The normalized spacial score (nSPS) is 11.8. The van der Waals surface area contributed by atoms with E-state index in [1.165, 1.54) is 6.33 Å². The third kappa shape index (κ3) is 2.73. The summed E-state index contributed by atoms with van der Waals surface area (Å²) in [7, 11) is 0. The van der Waals surface area contributed by atoms with Gasteiger partial charge in [-0.05, 0) is 24.1 Å². The number of azo groups is 1. The highest BCUT2D eigenvalue weighted by atomic mass is 32.1. The second kappa shape index (κ2) is 6.54. The molecule has 0 fully saturated rings. The van der Waals surface area contributed by atoms with Gasteiger partial charge in [0, 0.05) is 10.3 Å². The lowest BCUT2D eigenvalue weighted by Crippen LogP contribution is -1.77. The third-order valence-corrected chi connectivity index (χ3v) is 5.70. The van der Waals surface area contributed by atoms with Crippen molar-refractivity contribution in [1.82, 2.24) is 15.0 Å². The zero-order chi connectivity index (χ0) is 19.1. The first-order valence-corrected chi connectivity index (χ1v) is 9.54. The van der Waals surface area contributed by atoms with Gasteiger partial charge in [-0.15, -0.1) is 21.6 Å². The van der Waals surface area contributed by atoms with Crippen LogP contribution in [0, 0.1) is 6.92 Å². The van der Waals surface area contributed by atoms with Gasteiger partial charge in [0.05, 0.1) is 10.9 Å². The van der Waals surface area contributed by atoms with Gasteiger partial charge in [0.1, 0.15) is 11.2 Å². The number of H-pyrrole nitrogens is 1. The summed E-state index contributed by atoms with van der Waals surface area (Å²) < 4.78 is 0. The molecule has 28 heavy (non-hydrogen) atoms. The minimum atomic E-state index is -0.00589. The predicted octanol–water partition coefficient (Wildman–Crippen LogP) is 6.27. The first-order chi connectivity index (χ1) is 13.7. The van der Waals surface area contributed by atoms with E-state index in [2.05, 4.69) is 37.3 Å². The number of nitrogens with zero attached hydrogens (tertiary/aromatic N) is 4. The third-order valence-electron chi connectivity index (χ3n) is 4.61. The number of aromatic hydroxyl groups is 1. The molecule has 0 radical (unpaired) electrons. The highest BCUT2D eigenvalue weighted by Gasteiger charge is 2.13. The number of fused-ring (bicyclic) bond motifs is 2. The maximum absolute atomic E-state index is 10.3. The van der Waals surface area contributed by atoms with Gasteiger partial charge in [-0.2, -0.15) is 0 Å². The van der Waals surface area contributed by atoms with Crippen molar-refractivity contribution < 1.29 is 5.11 Å². The molecule has 0 atom stereocenters. The van der Waals surface area contributed by atoms with Crippen molar-refractivity contribution >= 4 is 44.0 Å². The minimum absolute atomic E-state index is 0.00589. The molecular weight excluding hydrogens is 370 g/mol. The number of aromatic amines is 1. The number of benzene rings is 2. The Morgan fingerprint density at radius 3 is 2.68 bits per heavy atom. The Morgan fingerprint density at radius 1 is 0.964 bits per heavy atom. The van der Waals surface area contributed by atoms with Crippen LogP contribution in [0.2, 0.25) is 0 Å². The largest absolute Gasteiger partial charge is 0.493 e. The summed E-state index contributed by atoms with van der Waals surface area (Å²) in [6.07, 6.45) is 1.49. The molecule has 0 amide bonds. The summed E-state index contributed by atoms with van der Waals surface area (Å²) in [4.78, 5) is 13.6. The van der Waals surface area contributed by atoms with E-state index >= 15 is 0 Å². The van der Waals surface area contributed by atoms with E-state index in [-0.39, 0.29) is 5.88 Å². The molecule has 0 aliphatic carbocycles. The van der Waals surface area contributed by atoms with Crippen molar-refractivity contribution in [3.8, 4) is 16.3 Å².